The highest BCUT2D eigenvalue weighted by Gasteiger charge is 2.13. The third-order valence-electron chi connectivity index (χ3n) is 2.61. The molecule has 2 rings (SSSR count). The monoisotopic (exact) mass is 378 g/mol. The van der Waals surface area contributed by atoms with Gasteiger partial charge in [0.15, 0.2) is 0 Å². The van der Waals surface area contributed by atoms with Crippen LogP contribution in [0.5, 0.6) is 5.75 Å². The lowest BCUT2D eigenvalue weighted by molar-refractivity contribution is 0.480. The molecule has 1 atom stereocenters. The van der Waals surface area contributed by atoms with Gasteiger partial charge in [0.2, 0.25) is 11.1 Å². The number of benzene rings is 2. The molecule has 0 aromatic heterocycles. The van der Waals surface area contributed by atoms with Gasteiger partial charge >= 0.3 is 0 Å². The molecular weight excluding hydrogens is 368 g/mol. The van der Waals surface area contributed by atoms with Crippen molar-refractivity contribution in [2.24, 2.45) is 0 Å². The van der Waals surface area contributed by atoms with Crippen molar-refractivity contribution in [1.29, 1.82) is 0 Å². The van der Waals surface area contributed by atoms with Crippen LogP contribution < -0.4 is 4.18 Å². The highest BCUT2D eigenvalue weighted by atomic mass is 32.2. The predicted molar refractivity (Wildman–Crippen MR) is 79.5 cm³/mol. The third-order valence-corrected chi connectivity index (χ3v) is 5.34. The van der Waals surface area contributed by atoms with Crippen LogP contribution in [0.2, 0.25) is 0 Å². The number of hydrogen-bond acceptors (Lipinski definition) is 6. The zero-order valence-electron chi connectivity index (χ0n) is 11.2. The van der Waals surface area contributed by atoms with Gasteiger partial charge in [0, 0.05) is 0 Å². The molecule has 0 radical (unpaired) electrons. The van der Waals surface area contributed by atoms with Crippen LogP contribution in [0.15, 0.2) is 63.2 Å². The lowest BCUT2D eigenvalue weighted by Gasteiger charge is -2.06. The number of rotatable bonds is 5. The van der Waals surface area contributed by atoms with E-state index in [2.05, 4.69) is 0 Å². The summed E-state index contributed by atoms with van der Waals surface area (Å²) >= 11 is -1.99. The van der Waals surface area contributed by atoms with Crippen molar-refractivity contribution in [3.05, 3.63) is 48.5 Å². The summed E-state index contributed by atoms with van der Waals surface area (Å²) in [6, 6.07) is 9.08. The summed E-state index contributed by atoms with van der Waals surface area (Å²) in [7, 11) is -8.67. The van der Waals surface area contributed by atoms with Gasteiger partial charge in [-0.15, -0.1) is 0 Å². The van der Waals surface area contributed by atoms with Gasteiger partial charge in [-0.05, 0) is 48.5 Å². The van der Waals surface area contributed by atoms with Crippen molar-refractivity contribution in [3.63, 3.8) is 0 Å². The van der Waals surface area contributed by atoms with E-state index < -0.39 is 31.3 Å². The Morgan fingerprint density at radius 3 is 1.52 bits per heavy atom. The zero-order chi connectivity index (χ0) is 17.3. The van der Waals surface area contributed by atoms with E-state index in [1.807, 2.05) is 0 Å². The van der Waals surface area contributed by atoms with E-state index in [4.69, 9.17) is 13.3 Å². The minimum atomic E-state index is -4.34. The molecule has 124 valence electrons. The molecule has 23 heavy (non-hydrogen) atoms. The molecule has 0 aliphatic carbocycles. The summed E-state index contributed by atoms with van der Waals surface area (Å²) in [6.45, 7) is 0. The standard InChI is InChI=1S/C12H10O8S3/c13-21(10-3-7-12(8-4-10)23(17,18)19)20-9-1-5-11(6-2-9)22(14,15)16/h1-8H,(H,14,15,16)(H,17,18,19). The van der Waals surface area contributed by atoms with E-state index in [1.54, 1.807) is 0 Å². The van der Waals surface area contributed by atoms with E-state index in [-0.39, 0.29) is 20.4 Å². The highest BCUT2D eigenvalue weighted by molar-refractivity contribution is 7.86. The van der Waals surface area contributed by atoms with Crippen LogP contribution in [-0.2, 0) is 31.3 Å². The van der Waals surface area contributed by atoms with Crippen molar-refractivity contribution in [3.8, 4) is 5.75 Å². The summed E-state index contributed by atoms with van der Waals surface area (Å²) in [5, 5.41) is 0. The quantitative estimate of drug-likeness (QED) is 0.743. The lowest BCUT2D eigenvalue weighted by Crippen LogP contribution is -2.03. The van der Waals surface area contributed by atoms with Crippen LogP contribution in [-0.4, -0.2) is 30.1 Å². The van der Waals surface area contributed by atoms with Gasteiger partial charge < -0.3 is 4.18 Å². The fraction of sp³-hybridized carbons (Fsp3) is 0. The first kappa shape index (κ1) is 17.6. The molecule has 0 aliphatic rings. The smallest absolute Gasteiger partial charge is 0.294 e. The zero-order valence-corrected chi connectivity index (χ0v) is 13.6. The van der Waals surface area contributed by atoms with Gasteiger partial charge in [0.1, 0.15) is 5.75 Å². The third kappa shape index (κ3) is 4.59. The van der Waals surface area contributed by atoms with Crippen LogP contribution in [0.4, 0.5) is 0 Å². The van der Waals surface area contributed by atoms with Crippen LogP contribution >= 0.6 is 0 Å². The van der Waals surface area contributed by atoms with Gasteiger partial charge in [0.25, 0.3) is 20.2 Å². The van der Waals surface area contributed by atoms with Crippen LogP contribution in [0.3, 0.4) is 0 Å². The largest absolute Gasteiger partial charge is 0.397 e. The van der Waals surface area contributed by atoms with E-state index in [9.17, 15) is 21.0 Å². The molecular formula is C12H10O8S3. The normalized spacial score (nSPS) is 13.5. The molecule has 2 N–H and O–H groups in total. The molecule has 8 nitrogen and oxygen atoms in total. The van der Waals surface area contributed by atoms with Gasteiger partial charge in [-0.3, -0.25) is 9.11 Å². The van der Waals surface area contributed by atoms with Gasteiger partial charge in [-0.2, -0.15) is 16.8 Å². The van der Waals surface area contributed by atoms with Crippen molar-refractivity contribution in [2.45, 2.75) is 14.7 Å². The van der Waals surface area contributed by atoms with Crippen molar-refractivity contribution in [1.82, 2.24) is 0 Å². The van der Waals surface area contributed by atoms with Crippen LogP contribution in [0.25, 0.3) is 0 Å². The van der Waals surface area contributed by atoms with Crippen molar-refractivity contribution in [2.75, 3.05) is 0 Å². The summed E-state index contributed by atoms with van der Waals surface area (Å²) in [5.74, 6) is 0.0783. The second-order valence-electron chi connectivity index (χ2n) is 4.21. The predicted octanol–water partition coefficient (Wildman–Crippen LogP) is 1.28. The van der Waals surface area contributed by atoms with Gasteiger partial charge in [0.05, 0.1) is 14.7 Å². The molecule has 0 fully saturated rings. The molecule has 2 aromatic carbocycles. The molecule has 0 bridgehead atoms. The Labute approximate surface area is 134 Å². The summed E-state index contributed by atoms with van der Waals surface area (Å²) in [6.07, 6.45) is 0. The van der Waals surface area contributed by atoms with Gasteiger partial charge in [-0.1, -0.05) is 0 Å². The minimum absolute atomic E-state index is 0.0783. The Hall–Kier alpha value is -1.79. The van der Waals surface area contributed by atoms with Crippen molar-refractivity contribution < 1.29 is 34.3 Å². The maximum atomic E-state index is 12.0. The molecule has 0 saturated heterocycles. The average molecular weight is 378 g/mol. The number of hydrogen-bond donors (Lipinski definition) is 2. The first-order valence-corrected chi connectivity index (χ1v) is 9.78. The topological polar surface area (TPSA) is 135 Å². The summed E-state index contributed by atoms with van der Waals surface area (Å²) < 4.78 is 78.3. The van der Waals surface area contributed by atoms with E-state index in [0.717, 1.165) is 24.3 Å². The van der Waals surface area contributed by atoms with Crippen molar-refractivity contribution >= 4 is 31.3 Å². The average Bonchev–Trinajstić information content (AvgIpc) is 2.46. The summed E-state index contributed by atoms with van der Waals surface area (Å²) in [5.41, 5.74) is 0. The maximum Gasteiger partial charge on any atom is 0.294 e. The second kappa shape index (κ2) is 6.37. The summed E-state index contributed by atoms with van der Waals surface area (Å²) in [4.78, 5) is -0.555. The fourth-order valence-electron chi connectivity index (χ4n) is 1.53. The second-order valence-corrected chi connectivity index (χ2v) is 8.16. The van der Waals surface area contributed by atoms with Crippen LogP contribution in [0, 0.1) is 0 Å². The molecule has 1 unspecified atom stereocenters. The van der Waals surface area contributed by atoms with Crippen LogP contribution in [0.1, 0.15) is 0 Å². The lowest BCUT2D eigenvalue weighted by atomic mass is 10.3. The Morgan fingerprint density at radius 2 is 1.13 bits per heavy atom. The molecule has 0 aliphatic heterocycles. The van der Waals surface area contributed by atoms with E-state index >= 15 is 0 Å². The SMILES string of the molecule is O=S(Oc1ccc(S(=O)(=O)O)cc1)c1ccc(S(=O)(=O)O)cc1. The van der Waals surface area contributed by atoms with E-state index in [0.29, 0.717) is 0 Å². The Bertz CT molecular complexity index is 929. The van der Waals surface area contributed by atoms with E-state index in [1.165, 1.54) is 24.3 Å². The molecule has 0 spiro atoms. The first-order valence-electron chi connectivity index (χ1n) is 5.82. The fourth-order valence-corrected chi connectivity index (χ4v) is 3.23. The molecule has 11 heteroatoms. The maximum absolute atomic E-state index is 12.0. The minimum Gasteiger partial charge on any atom is -0.397 e. The molecule has 0 heterocycles. The molecule has 0 amide bonds. The highest BCUT2D eigenvalue weighted by Crippen LogP contribution is 2.19. The van der Waals surface area contributed by atoms with Gasteiger partial charge in [-0.25, -0.2) is 4.21 Å². The Morgan fingerprint density at radius 1 is 0.739 bits per heavy atom. The Balaban J connectivity index is 2.16. The Kier molecular flexibility index (Phi) is 4.87. The molecule has 2 aromatic rings. The first-order chi connectivity index (χ1) is 10.6. The molecule has 0 saturated carbocycles.